The maximum atomic E-state index is 11.4. The van der Waals surface area contributed by atoms with E-state index in [0.29, 0.717) is 18.7 Å². The molecule has 0 unspecified atom stereocenters. The Kier molecular flexibility index (Phi) is 5.57. The number of carbonyl (C=O) groups is 1. The second-order valence-electron chi connectivity index (χ2n) is 4.27. The van der Waals surface area contributed by atoms with E-state index >= 15 is 0 Å². The van der Waals surface area contributed by atoms with E-state index in [4.69, 9.17) is 5.73 Å². The first-order chi connectivity index (χ1) is 8.87. The van der Waals surface area contributed by atoms with Crippen molar-refractivity contribution < 1.29 is 13.2 Å². The summed E-state index contributed by atoms with van der Waals surface area (Å²) >= 11 is 0. The Labute approximate surface area is 113 Å². The van der Waals surface area contributed by atoms with Crippen LogP contribution < -0.4 is 11.1 Å². The highest BCUT2D eigenvalue weighted by Crippen LogP contribution is 2.06. The van der Waals surface area contributed by atoms with Crippen molar-refractivity contribution in [2.75, 3.05) is 24.3 Å². The summed E-state index contributed by atoms with van der Waals surface area (Å²) in [6, 6.07) is 7.12. The van der Waals surface area contributed by atoms with Gasteiger partial charge in [-0.1, -0.05) is 12.1 Å². The highest BCUT2D eigenvalue weighted by Gasteiger charge is 2.01. The SMILES string of the molecule is CS(=O)(=O)CCCNC(=O)/C=C/c1ccc(N)cc1. The molecule has 0 spiro atoms. The third-order valence-electron chi connectivity index (χ3n) is 2.35. The number of anilines is 1. The van der Waals surface area contributed by atoms with Crippen LogP contribution in [0.3, 0.4) is 0 Å². The van der Waals surface area contributed by atoms with Crippen LogP contribution in [0.4, 0.5) is 5.69 Å². The number of sulfone groups is 1. The lowest BCUT2D eigenvalue weighted by molar-refractivity contribution is -0.116. The summed E-state index contributed by atoms with van der Waals surface area (Å²) in [4.78, 5) is 11.4. The minimum atomic E-state index is -2.96. The van der Waals surface area contributed by atoms with Crippen LogP contribution in [0.5, 0.6) is 0 Å². The molecular formula is C13H18N2O3S. The highest BCUT2D eigenvalue weighted by atomic mass is 32.2. The Morgan fingerprint density at radius 2 is 1.95 bits per heavy atom. The van der Waals surface area contributed by atoms with Gasteiger partial charge in [0.1, 0.15) is 9.84 Å². The van der Waals surface area contributed by atoms with E-state index in [2.05, 4.69) is 5.32 Å². The molecule has 0 radical (unpaired) electrons. The van der Waals surface area contributed by atoms with Crippen LogP contribution in [0.1, 0.15) is 12.0 Å². The van der Waals surface area contributed by atoms with Gasteiger partial charge >= 0.3 is 0 Å². The number of nitrogens with two attached hydrogens (primary N) is 1. The molecular weight excluding hydrogens is 264 g/mol. The van der Waals surface area contributed by atoms with Crippen LogP contribution in [0, 0.1) is 0 Å². The molecule has 3 N–H and O–H groups in total. The van der Waals surface area contributed by atoms with Gasteiger partial charge < -0.3 is 11.1 Å². The standard InChI is InChI=1S/C13H18N2O3S/c1-19(17,18)10-2-9-15-13(16)8-5-11-3-6-12(14)7-4-11/h3-8H,2,9-10,14H2,1H3,(H,15,16)/b8-5+. The number of rotatable bonds is 6. The van der Waals surface area contributed by atoms with Gasteiger partial charge in [-0.3, -0.25) is 4.79 Å². The molecule has 0 saturated carbocycles. The Morgan fingerprint density at radius 3 is 2.53 bits per heavy atom. The van der Waals surface area contributed by atoms with E-state index in [1.807, 2.05) is 12.1 Å². The predicted octanol–water partition coefficient (Wildman–Crippen LogP) is 0.833. The second kappa shape index (κ2) is 6.94. The molecule has 0 bridgehead atoms. The summed E-state index contributed by atoms with van der Waals surface area (Å²) in [7, 11) is -2.96. The van der Waals surface area contributed by atoms with E-state index in [-0.39, 0.29) is 11.7 Å². The van der Waals surface area contributed by atoms with Crippen molar-refractivity contribution in [1.29, 1.82) is 0 Å². The smallest absolute Gasteiger partial charge is 0.243 e. The van der Waals surface area contributed by atoms with Gasteiger partial charge in [0.25, 0.3) is 0 Å². The zero-order valence-corrected chi connectivity index (χ0v) is 11.6. The third kappa shape index (κ3) is 7.25. The Hall–Kier alpha value is -1.82. The van der Waals surface area contributed by atoms with E-state index < -0.39 is 9.84 Å². The minimum absolute atomic E-state index is 0.0783. The van der Waals surface area contributed by atoms with E-state index in [1.54, 1.807) is 18.2 Å². The number of amides is 1. The molecule has 6 heteroatoms. The fraction of sp³-hybridized carbons (Fsp3) is 0.308. The Morgan fingerprint density at radius 1 is 1.32 bits per heavy atom. The molecule has 0 atom stereocenters. The van der Waals surface area contributed by atoms with Crippen molar-refractivity contribution in [2.24, 2.45) is 0 Å². The maximum Gasteiger partial charge on any atom is 0.243 e. The molecule has 0 saturated heterocycles. The van der Waals surface area contributed by atoms with Gasteiger partial charge in [0, 0.05) is 24.6 Å². The van der Waals surface area contributed by atoms with Gasteiger partial charge in [-0.25, -0.2) is 8.42 Å². The number of benzene rings is 1. The van der Waals surface area contributed by atoms with Crippen molar-refractivity contribution in [3.8, 4) is 0 Å². The average molecular weight is 282 g/mol. The maximum absolute atomic E-state index is 11.4. The average Bonchev–Trinajstić information content (AvgIpc) is 2.33. The zero-order valence-electron chi connectivity index (χ0n) is 10.8. The highest BCUT2D eigenvalue weighted by molar-refractivity contribution is 7.90. The number of hydrogen-bond donors (Lipinski definition) is 2. The largest absolute Gasteiger partial charge is 0.399 e. The van der Waals surface area contributed by atoms with Crippen molar-refractivity contribution in [3.63, 3.8) is 0 Å². The van der Waals surface area contributed by atoms with E-state index in [9.17, 15) is 13.2 Å². The minimum Gasteiger partial charge on any atom is -0.399 e. The number of nitrogens with one attached hydrogen (secondary N) is 1. The first kappa shape index (κ1) is 15.2. The quantitative estimate of drug-likeness (QED) is 0.459. The van der Waals surface area contributed by atoms with Crippen molar-refractivity contribution >= 4 is 27.5 Å². The molecule has 5 nitrogen and oxygen atoms in total. The molecule has 1 amide bonds. The van der Waals surface area contributed by atoms with Crippen LogP contribution in [-0.2, 0) is 14.6 Å². The van der Waals surface area contributed by atoms with E-state index in [0.717, 1.165) is 5.56 Å². The van der Waals surface area contributed by atoms with Crippen LogP contribution in [0.25, 0.3) is 6.08 Å². The van der Waals surface area contributed by atoms with Gasteiger partial charge in [-0.2, -0.15) is 0 Å². The monoisotopic (exact) mass is 282 g/mol. The summed E-state index contributed by atoms with van der Waals surface area (Å²) in [6.07, 6.45) is 4.67. The number of hydrogen-bond acceptors (Lipinski definition) is 4. The van der Waals surface area contributed by atoms with Gasteiger partial charge in [-0.05, 0) is 30.2 Å². The molecule has 0 fully saturated rings. The van der Waals surface area contributed by atoms with Gasteiger partial charge in [0.05, 0.1) is 5.75 Å². The number of nitrogen functional groups attached to an aromatic ring is 1. The third-order valence-corrected chi connectivity index (χ3v) is 3.39. The predicted molar refractivity (Wildman–Crippen MR) is 77.2 cm³/mol. The molecule has 0 aliphatic rings. The summed E-state index contributed by atoms with van der Waals surface area (Å²) in [5, 5.41) is 2.62. The van der Waals surface area contributed by atoms with Crippen LogP contribution in [0.15, 0.2) is 30.3 Å². The second-order valence-corrected chi connectivity index (χ2v) is 6.53. The first-order valence-electron chi connectivity index (χ1n) is 5.86. The first-order valence-corrected chi connectivity index (χ1v) is 7.92. The Bertz CT molecular complexity index is 548. The molecule has 19 heavy (non-hydrogen) atoms. The topological polar surface area (TPSA) is 89.3 Å². The lowest BCUT2D eigenvalue weighted by Crippen LogP contribution is -2.23. The summed E-state index contributed by atoms with van der Waals surface area (Å²) in [6.45, 7) is 0.345. The lowest BCUT2D eigenvalue weighted by Gasteiger charge is -2.01. The Balaban J connectivity index is 2.33. The summed E-state index contributed by atoms with van der Waals surface area (Å²) in [5.74, 6) is -0.167. The molecule has 0 aliphatic heterocycles. The van der Waals surface area contributed by atoms with Crippen LogP contribution in [0.2, 0.25) is 0 Å². The number of carbonyl (C=O) groups excluding carboxylic acids is 1. The summed E-state index contributed by atoms with van der Waals surface area (Å²) < 4.78 is 21.8. The van der Waals surface area contributed by atoms with Gasteiger partial charge in [0.2, 0.25) is 5.91 Å². The van der Waals surface area contributed by atoms with Gasteiger partial charge in [-0.15, -0.1) is 0 Å². The fourth-order valence-corrected chi connectivity index (χ4v) is 2.05. The van der Waals surface area contributed by atoms with Crippen molar-refractivity contribution in [3.05, 3.63) is 35.9 Å². The molecule has 1 rings (SSSR count). The fourth-order valence-electron chi connectivity index (χ4n) is 1.38. The molecule has 0 heterocycles. The van der Waals surface area contributed by atoms with Crippen molar-refractivity contribution in [2.45, 2.75) is 6.42 Å². The lowest BCUT2D eigenvalue weighted by atomic mass is 10.2. The van der Waals surface area contributed by atoms with Gasteiger partial charge in [0.15, 0.2) is 0 Å². The van der Waals surface area contributed by atoms with E-state index in [1.165, 1.54) is 12.3 Å². The van der Waals surface area contributed by atoms with Crippen LogP contribution in [-0.4, -0.2) is 32.9 Å². The molecule has 0 aromatic heterocycles. The van der Waals surface area contributed by atoms with Crippen molar-refractivity contribution in [1.82, 2.24) is 5.32 Å². The molecule has 0 aliphatic carbocycles. The molecule has 1 aromatic carbocycles. The van der Waals surface area contributed by atoms with Crippen LogP contribution >= 0.6 is 0 Å². The normalized spacial score (nSPS) is 11.6. The molecule has 1 aromatic rings. The zero-order chi connectivity index (χ0) is 14.3. The summed E-state index contributed by atoms with van der Waals surface area (Å²) in [5.41, 5.74) is 7.09. The molecule has 104 valence electrons.